The first-order chi connectivity index (χ1) is 13.3. The van der Waals surface area contributed by atoms with Gasteiger partial charge >= 0.3 is 0 Å². The van der Waals surface area contributed by atoms with Crippen molar-refractivity contribution in [2.24, 2.45) is 0 Å². The first-order valence-electron chi connectivity index (χ1n) is 13.1. The summed E-state index contributed by atoms with van der Waals surface area (Å²) in [6, 6.07) is 0. The van der Waals surface area contributed by atoms with Crippen LogP contribution in [0.2, 0.25) is 0 Å². The molecule has 1 saturated heterocycles. The van der Waals surface area contributed by atoms with E-state index in [1.807, 2.05) is 0 Å². The number of hydrogen-bond donors (Lipinski definition) is 0. The molecule has 1 aliphatic heterocycles. The molecule has 1 fully saturated rings. The molecular weight excluding hydrogens is 453 g/mol. The Labute approximate surface area is 196 Å². The average Bonchev–Trinajstić information content (AvgIpc) is 2.67. The minimum atomic E-state index is 0. The summed E-state index contributed by atoms with van der Waals surface area (Å²) in [7, 11) is 2.49. The molecule has 28 heavy (non-hydrogen) atoms. The Morgan fingerprint density at radius 2 is 0.786 bits per heavy atom. The Balaban J connectivity index is 0.00000729. The lowest BCUT2D eigenvalue weighted by Crippen LogP contribution is -3.00. The quantitative estimate of drug-likeness (QED) is 0.120. The van der Waals surface area contributed by atoms with Crippen LogP contribution in [-0.2, 0) is 0 Å². The normalized spacial score (nSPS) is 16.1. The maximum absolute atomic E-state index is 2.49. The van der Waals surface area contributed by atoms with E-state index in [0.717, 1.165) is 0 Å². The highest BCUT2D eigenvalue weighted by molar-refractivity contribution is 4.53. The zero-order valence-electron chi connectivity index (χ0n) is 19.8. The molecule has 0 aliphatic carbocycles. The van der Waals surface area contributed by atoms with Crippen LogP contribution in [0.5, 0.6) is 0 Å². The Morgan fingerprint density at radius 1 is 0.464 bits per heavy atom. The average molecular weight is 508 g/mol. The zero-order valence-corrected chi connectivity index (χ0v) is 22.0. The molecule has 0 radical (unpaired) electrons. The standard InChI is InChI=1S/C26H54N.HI/c1-3-4-5-6-7-8-9-10-11-12-13-14-15-16-17-18-19-21-24-27(2)25-22-20-23-26-27;/h3-26H2,1-2H3;1H/q+1;/p-1. The number of halogens is 1. The van der Waals surface area contributed by atoms with E-state index in [0.29, 0.717) is 0 Å². The highest BCUT2D eigenvalue weighted by Crippen LogP contribution is 2.18. The fraction of sp³-hybridized carbons (Fsp3) is 1.00. The van der Waals surface area contributed by atoms with Gasteiger partial charge in [-0.15, -0.1) is 0 Å². The highest BCUT2D eigenvalue weighted by atomic mass is 127. The second-order valence-corrected chi connectivity index (χ2v) is 9.86. The van der Waals surface area contributed by atoms with Crippen molar-refractivity contribution in [1.82, 2.24) is 0 Å². The summed E-state index contributed by atoms with van der Waals surface area (Å²) in [5, 5.41) is 0. The maximum atomic E-state index is 2.49. The molecule has 1 heterocycles. The largest absolute Gasteiger partial charge is 1.00 e. The smallest absolute Gasteiger partial charge is 0.0784 e. The number of quaternary nitrogens is 1. The van der Waals surface area contributed by atoms with Crippen molar-refractivity contribution in [3.63, 3.8) is 0 Å². The van der Waals surface area contributed by atoms with E-state index in [-0.39, 0.29) is 24.0 Å². The van der Waals surface area contributed by atoms with Crippen LogP contribution in [-0.4, -0.2) is 31.2 Å². The molecule has 1 rings (SSSR count). The first kappa shape index (κ1) is 28.7. The maximum Gasteiger partial charge on any atom is 0.0784 e. The molecule has 1 aliphatic rings. The minimum absolute atomic E-state index is 0. The van der Waals surface area contributed by atoms with E-state index in [2.05, 4.69) is 14.0 Å². The van der Waals surface area contributed by atoms with Gasteiger partial charge in [-0.25, -0.2) is 0 Å². The Kier molecular flexibility index (Phi) is 21.5. The molecule has 1 nitrogen and oxygen atoms in total. The molecule has 0 atom stereocenters. The van der Waals surface area contributed by atoms with Gasteiger partial charge in [-0.1, -0.05) is 110 Å². The molecule has 0 saturated carbocycles. The van der Waals surface area contributed by atoms with Gasteiger partial charge in [0.15, 0.2) is 0 Å². The molecule has 0 bridgehead atoms. The first-order valence-corrected chi connectivity index (χ1v) is 13.1. The van der Waals surface area contributed by atoms with Gasteiger partial charge in [-0.3, -0.25) is 0 Å². The van der Waals surface area contributed by atoms with Crippen LogP contribution in [0.15, 0.2) is 0 Å². The number of hydrogen-bond acceptors (Lipinski definition) is 0. The summed E-state index contributed by atoms with van der Waals surface area (Å²) in [4.78, 5) is 0. The lowest BCUT2D eigenvalue weighted by molar-refractivity contribution is -0.914. The fourth-order valence-corrected chi connectivity index (χ4v) is 4.89. The van der Waals surface area contributed by atoms with Crippen molar-refractivity contribution in [2.45, 2.75) is 142 Å². The van der Waals surface area contributed by atoms with Crippen LogP contribution in [0.4, 0.5) is 0 Å². The van der Waals surface area contributed by atoms with Gasteiger partial charge in [0, 0.05) is 0 Å². The highest BCUT2D eigenvalue weighted by Gasteiger charge is 2.23. The zero-order chi connectivity index (χ0) is 19.5. The van der Waals surface area contributed by atoms with Crippen LogP contribution in [0, 0.1) is 0 Å². The van der Waals surface area contributed by atoms with E-state index >= 15 is 0 Å². The Morgan fingerprint density at radius 3 is 1.14 bits per heavy atom. The minimum Gasteiger partial charge on any atom is -1.00 e. The van der Waals surface area contributed by atoms with Gasteiger partial charge in [0.1, 0.15) is 0 Å². The lowest BCUT2D eigenvalue weighted by Gasteiger charge is -2.37. The molecule has 2 heteroatoms. The lowest BCUT2D eigenvalue weighted by atomic mass is 10.0. The molecule has 0 unspecified atom stereocenters. The van der Waals surface area contributed by atoms with E-state index in [1.165, 1.54) is 159 Å². The molecule has 0 aromatic carbocycles. The van der Waals surface area contributed by atoms with Crippen molar-refractivity contribution >= 4 is 0 Å². The van der Waals surface area contributed by atoms with Crippen molar-refractivity contribution in [2.75, 3.05) is 26.7 Å². The summed E-state index contributed by atoms with van der Waals surface area (Å²) in [5.74, 6) is 0. The predicted octanol–water partition coefficient (Wildman–Crippen LogP) is 5.66. The van der Waals surface area contributed by atoms with Gasteiger partial charge < -0.3 is 28.5 Å². The summed E-state index contributed by atoms with van der Waals surface area (Å²) < 4.78 is 1.37. The molecule has 170 valence electrons. The number of rotatable bonds is 19. The molecule has 0 spiro atoms. The number of unbranched alkanes of at least 4 members (excludes halogenated alkanes) is 17. The monoisotopic (exact) mass is 507 g/mol. The van der Waals surface area contributed by atoms with Crippen molar-refractivity contribution in [3.05, 3.63) is 0 Å². The molecular formula is C26H54IN. The molecule has 0 amide bonds. The van der Waals surface area contributed by atoms with Crippen molar-refractivity contribution in [3.8, 4) is 0 Å². The predicted molar refractivity (Wildman–Crippen MR) is 123 cm³/mol. The topological polar surface area (TPSA) is 0 Å². The second kappa shape index (κ2) is 20.9. The van der Waals surface area contributed by atoms with Gasteiger partial charge in [0.2, 0.25) is 0 Å². The third kappa shape index (κ3) is 17.5. The molecule has 0 N–H and O–H groups in total. The van der Waals surface area contributed by atoms with Crippen LogP contribution in [0.1, 0.15) is 142 Å². The second-order valence-electron chi connectivity index (χ2n) is 9.86. The number of piperidine rings is 1. The van der Waals surface area contributed by atoms with Gasteiger partial charge in [0.05, 0.1) is 26.7 Å². The van der Waals surface area contributed by atoms with Crippen LogP contribution >= 0.6 is 0 Å². The van der Waals surface area contributed by atoms with E-state index in [1.54, 1.807) is 0 Å². The summed E-state index contributed by atoms with van der Waals surface area (Å²) >= 11 is 0. The van der Waals surface area contributed by atoms with Crippen LogP contribution < -0.4 is 24.0 Å². The van der Waals surface area contributed by atoms with Crippen LogP contribution in [0.25, 0.3) is 0 Å². The van der Waals surface area contributed by atoms with E-state index in [4.69, 9.17) is 0 Å². The van der Waals surface area contributed by atoms with E-state index in [9.17, 15) is 0 Å². The van der Waals surface area contributed by atoms with Crippen molar-refractivity contribution < 1.29 is 28.5 Å². The van der Waals surface area contributed by atoms with Crippen LogP contribution in [0.3, 0.4) is 0 Å². The van der Waals surface area contributed by atoms with Gasteiger partial charge in [0.25, 0.3) is 0 Å². The van der Waals surface area contributed by atoms with Crippen molar-refractivity contribution in [1.29, 1.82) is 0 Å². The summed E-state index contributed by atoms with van der Waals surface area (Å²) in [5.41, 5.74) is 0. The third-order valence-electron chi connectivity index (χ3n) is 6.95. The Bertz CT molecular complexity index is 299. The summed E-state index contributed by atoms with van der Waals surface area (Å²) in [6.07, 6.45) is 31.0. The van der Waals surface area contributed by atoms with E-state index < -0.39 is 0 Å². The fourth-order valence-electron chi connectivity index (χ4n) is 4.89. The van der Waals surface area contributed by atoms with Gasteiger partial charge in [-0.05, 0) is 32.1 Å². The third-order valence-corrected chi connectivity index (χ3v) is 6.95. The molecule has 0 aromatic heterocycles. The number of nitrogens with zero attached hydrogens (tertiary/aromatic N) is 1. The number of likely N-dealkylation sites (tertiary alicyclic amines) is 1. The van der Waals surface area contributed by atoms with Gasteiger partial charge in [-0.2, -0.15) is 0 Å². The summed E-state index contributed by atoms with van der Waals surface area (Å²) in [6.45, 7) is 6.63. The molecule has 0 aromatic rings. The SMILES string of the molecule is CCCCCCCCCCCCCCCCCCCC[N+]1(C)CCCCC1.[I-]. The Hall–Kier alpha value is 0.690.